The van der Waals surface area contributed by atoms with Crippen LogP contribution in [-0.4, -0.2) is 14.9 Å². The molecule has 0 bridgehead atoms. The van der Waals surface area contributed by atoms with E-state index in [1.54, 1.807) is 0 Å². The van der Waals surface area contributed by atoms with Gasteiger partial charge in [-0.1, -0.05) is 17.7 Å². The normalized spacial score (nSPS) is 11.9. The zero-order chi connectivity index (χ0) is 15.2. The van der Waals surface area contributed by atoms with Gasteiger partial charge in [-0.25, -0.2) is 0 Å². The fraction of sp³-hybridized carbons (Fsp3) is 0.471. The first-order valence-electron chi connectivity index (χ1n) is 7.00. The molecular formula is C17H24N2O. The Morgan fingerprint density at radius 2 is 1.50 bits per heavy atom. The van der Waals surface area contributed by atoms with Crippen LogP contribution in [0, 0.1) is 27.7 Å². The Morgan fingerprint density at radius 1 is 1.00 bits per heavy atom. The first-order valence-corrected chi connectivity index (χ1v) is 7.00. The molecule has 0 fully saturated rings. The van der Waals surface area contributed by atoms with Crippen LogP contribution in [0.1, 0.15) is 43.2 Å². The van der Waals surface area contributed by atoms with Crippen LogP contribution < -0.4 is 0 Å². The van der Waals surface area contributed by atoms with E-state index >= 15 is 0 Å². The highest BCUT2D eigenvalue weighted by molar-refractivity contribution is 5.73. The van der Waals surface area contributed by atoms with Gasteiger partial charge in [0.05, 0.1) is 11.2 Å². The summed E-state index contributed by atoms with van der Waals surface area (Å²) < 4.78 is 1.90. The van der Waals surface area contributed by atoms with Crippen LogP contribution in [0.2, 0.25) is 0 Å². The number of hydrogen-bond acceptors (Lipinski definition) is 2. The standard InChI is InChI=1S/C17H24N2O/c1-10-8-11(2)14(12(3)9-10)15-16(20)13(4)19(18-15)17(5,6)7/h8-9,20H,1-7H3. The van der Waals surface area contributed by atoms with E-state index in [9.17, 15) is 5.11 Å². The molecule has 2 aromatic rings. The molecule has 1 aromatic heterocycles. The Labute approximate surface area is 121 Å². The SMILES string of the molecule is Cc1cc(C)c(-c2nn(C(C)(C)C)c(C)c2O)c(C)c1. The summed E-state index contributed by atoms with van der Waals surface area (Å²) in [7, 11) is 0. The summed E-state index contributed by atoms with van der Waals surface area (Å²) in [4.78, 5) is 0. The maximum atomic E-state index is 10.5. The van der Waals surface area contributed by atoms with Crippen LogP contribution >= 0.6 is 0 Å². The molecule has 0 amide bonds. The van der Waals surface area contributed by atoms with Crippen molar-refractivity contribution in [2.75, 3.05) is 0 Å². The summed E-state index contributed by atoms with van der Waals surface area (Å²) in [6, 6.07) is 4.26. The highest BCUT2D eigenvalue weighted by Gasteiger charge is 2.24. The molecule has 0 radical (unpaired) electrons. The number of nitrogens with zero attached hydrogens (tertiary/aromatic N) is 2. The fourth-order valence-corrected chi connectivity index (χ4v) is 2.87. The van der Waals surface area contributed by atoms with Crippen molar-refractivity contribution >= 4 is 0 Å². The van der Waals surface area contributed by atoms with Gasteiger partial charge in [-0.3, -0.25) is 4.68 Å². The minimum Gasteiger partial charge on any atom is -0.504 e. The van der Waals surface area contributed by atoms with Gasteiger partial charge in [0.25, 0.3) is 0 Å². The zero-order valence-electron chi connectivity index (χ0n) is 13.5. The topological polar surface area (TPSA) is 38.0 Å². The molecule has 0 atom stereocenters. The van der Waals surface area contributed by atoms with Gasteiger partial charge in [-0.2, -0.15) is 5.10 Å². The second kappa shape index (κ2) is 4.65. The molecule has 0 unspecified atom stereocenters. The van der Waals surface area contributed by atoms with Crippen molar-refractivity contribution in [1.29, 1.82) is 0 Å². The van der Waals surface area contributed by atoms with Crippen LogP contribution in [0.5, 0.6) is 5.75 Å². The first-order chi connectivity index (χ1) is 9.12. The predicted octanol–water partition coefficient (Wildman–Crippen LogP) is 4.24. The lowest BCUT2D eigenvalue weighted by Crippen LogP contribution is -2.24. The lowest BCUT2D eigenvalue weighted by molar-refractivity contribution is 0.345. The largest absolute Gasteiger partial charge is 0.504 e. The van der Waals surface area contributed by atoms with Crippen molar-refractivity contribution in [2.24, 2.45) is 0 Å². The highest BCUT2D eigenvalue weighted by Crippen LogP contribution is 2.37. The third-order valence-electron chi connectivity index (χ3n) is 3.63. The lowest BCUT2D eigenvalue weighted by Gasteiger charge is -2.21. The fourth-order valence-electron chi connectivity index (χ4n) is 2.87. The maximum absolute atomic E-state index is 10.5. The van der Waals surface area contributed by atoms with E-state index in [4.69, 9.17) is 0 Å². The van der Waals surface area contributed by atoms with E-state index in [1.165, 1.54) is 5.56 Å². The van der Waals surface area contributed by atoms with E-state index in [0.29, 0.717) is 5.69 Å². The average molecular weight is 272 g/mol. The summed E-state index contributed by atoms with van der Waals surface area (Å²) in [6.07, 6.45) is 0. The first kappa shape index (κ1) is 14.6. The van der Waals surface area contributed by atoms with Gasteiger partial charge in [0.2, 0.25) is 0 Å². The Hall–Kier alpha value is -1.77. The van der Waals surface area contributed by atoms with E-state index in [0.717, 1.165) is 22.4 Å². The number of aryl methyl sites for hydroxylation is 3. The second-order valence-electron chi connectivity index (χ2n) is 6.64. The number of aromatic nitrogens is 2. The minimum atomic E-state index is -0.147. The maximum Gasteiger partial charge on any atom is 0.164 e. The van der Waals surface area contributed by atoms with Gasteiger partial charge in [0.1, 0.15) is 5.69 Å². The summed E-state index contributed by atoms with van der Waals surface area (Å²) in [5.74, 6) is 0.287. The van der Waals surface area contributed by atoms with Gasteiger partial charge in [0.15, 0.2) is 5.75 Å². The molecule has 0 saturated carbocycles. The second-order valence-corrected chi connectivity index (χ2v) is 6.64. The van der Waals surface area contributed by atoms with Gasteiger partial charge >= 0.3 is 0 Å². The van der Waals surface area contributed by atoms with Crippen LogP contribution in [0.4, 0.5) is 0 Å². The molecule has 2 rings (SSSR count). The predicted molar refractivity (Wildman–Crippen MR) is 83.3 cm³/mol. The molecule has 20 heavy (non-hydrogen) atoms. The molecule has 3 nitrogen and oxygen atoms in total. The number of hydrogen-bond donors (Lipinski definition) is 1. The molecule has 1 aromatic carbocycles. The van der Waals surface area contributed by atoms with Crippen LogP contribution in [-0.2, 0) is 5.54 Å². The Balaban J connectivity index is 2.72. The van der Waals surface area contributed by atoms with Crippen molar-refractivity contribution in [2.45, 2.75) is 54.0 Å². The molecule has 0 spiro atoms. The Kier molecular flexibility index (Phi) is 3.41. The molecule has 1 N–H and O–H groups in total. The van der Waals surface area contributed by atoms with Gasteiger partial charge < -0.3 is 5.11 Å². The molecule has 3 heteroatoms. The van der Waals surface area contributed by atoms with Crippen LogP contribution in [0.15, 0.2) is 12.1 Å². The van der Waals surface area contributed by atoms with Crippen molar-refractivity contribution in [3.8, 4) is 17.0 Å². The molecular weight excluding hydrogens is 248 g/mol. The number of aromatic hydroxyl groups is 1. The van der Waals surface area contributed by atoms with Crippen molar-refractivity contribution < 1.29 is 5.11 Å². The summed E-state index contributed by atoms with van der Waals surface area (Å²) >= 11 is 0. The molecule has 108 valence electrons. The number of benzene rings is 1. The van der Waals surface area contributed by atoms with Gasteiger partial charge in [-0.05, 0) is 59.6 Å². The van der Waals surface area contributed by atoms with Crippen molar-refractivity contribution in [3.05, 3.63) is 34.5 Å². The van der Waals surface area contributed by atoms with Crippen LogP contribution in [0.25, 0.3) is 11.3 Å². The Bertz CT molecular complexity index is 637. The van der Waals surface area contributed by atoms with E-state index < -0.39 is 0 Å². The molecule has 0 aliphatic rings. The minimum absolute atomic E-state index is 0.147. The number of rotatable bonds is 1. The van der Waals surface area contributed by atoms with E-state index in [2.05, 4.69) is 58.8 Å². The van der Waals surface area contributed by atoms with E-state index in [1.807, 2.05) is 11.6 Å². The third kappa shape index (κ3) is 2.33. The van der Waals surface area contributed by atoms with E-state index in [-0.39, 0.29) is 11.3 Å². The summed E-state index contributed by atoms with van der Waals surface area (Å²) in [5.41, 5.74) is 5.92. The lowest BCUT2D eigenvalue weighted by atomic mass is 9.97. The summed E-state index contributed by atoms with van der Waals surface area (Å²) in [6.45, 7) is 14.4. The molecule has 0 aliphatic heterocycles. The van der Waals surface area contributed by atoms with Crippen molar-refractivity contribution in [1.82, 2.24) is 9.78 Å². The van der Waals surface area contributed by atoms with Crippen molar-refractivity contribution in [3.63, 3.8) is 0 Å². The summed E-state index contributed by atoms with van der Waals surface area (Å²) in [5, 5.41) is 15.1. The van der Waals surface area contributed by atoms with Crippen LogP contribution in [0.3, 0.4) is 0 Å². The quantitative estimate of drug-likeness (QED) is 0.843. The zero-order valence-corrected chi connectivity index (χ0v) is 13.5. The highest BCUT2D eigenvalue weighted by atomic mass is 16.3. The van der Waals surface area contributed by atoms with Gasteiger partial charge in [-0.15, -0.1) is 0 Å². The average Bonchev–Trinajstić information content (AvgIpc) is 2.55. The van der Waals surface area contributed by atoms with Gasteiger partial charge in [0, 0.05) is 5.56 Å². The molecule has 0 aliphatic carbocycles. The third-order valence-corrected chi connectivity index (χ3v) is 3.63. The monoisotopic (exact) mass is 272 g/mol. The Morgan fingerprint density at radius 3 is 1.90 bits per heavy atom. The smallest absolute Gasteiger partial charge is 0.164 e. The molecule has 1 heterocycles. The molecule has 0 saturated heterocycles.